The number of benzene rings is 1. The third-order valence-corrected chi connectivity index (χ3v) is 6.72. The third-order valence-electron chi connectivity index (χ3n) is 6.72. The molecule has 1 amide bonds. The Morgan fingerprint density at radius 1 is 1.10 bits per heavy atom. The molecule has 0 spiro atoms. The van der Waals surface area contributed by atoms with Gasteiger partial charge in [0.1, 0.15) is 0 Å². The van der Waals surface area contributed by atoms with Gasteiger partial charge in [-0.1, -0.05) is 19.1 Å². The topological polar surface area (TPSA) is 67.4 Å². The quantitative estimate of drug-likeness (QED) is 0.680. The highest BCUT2D eigenvalue weighted by Gasteiger charge is 2.29. The van der Waals surface area contributed by atoms with Crippen molar-refractivity contribution >= 4 is 24.3 Å². The van der Waals surface area contributed by atoms with Gasteiger partial charge in [0, 0.05) is 18.0 Å². The summed E-state index contributed by atoms with van der Waals surface area (Å²) in [4.78, 5) is 23.9. The van der Waals surface area contributed by atoms with Crippen LogP contribution in [0.15, 0.2) is 24.3 Å². The molecule has 1 saturated carbocycles. The molecule has 1 heterocycles. The second-order valence-electron chi connectivity index (χ2n) is 8.69. The van der Waals surface area contributed by atoms with Crippen molar-refractivity contribution in [2.45, 2.75) is 69.7 Å². The number of esters is 1. The maximum absolute atomic E-state index is 12.6. The molecule has 1 aliphatic heterocycles. The summed E-state index contributed by atoms with van der Waals surface area (Å²) in [6.45, 7) is 4.43. The molecule has 1 aliphatic carbocycles. The average Bonchev–Trinajstić information content (AvgIpc) is 2.73. The molecule has 162 valence electrons. The zero-order valence-electron chi connectivity index (χ0n) is 17.7. The lowest BCUT2D eigenvalue weighted by atomic mass is 9.75. The number of hydrogen-bond donors (Lipinski definition) is 2. The number of carbonyl (C=O) groups excluding carboxylic acids is 2. The Morgan fingerprint density at radius 3 is 2.31 bits per heavy atom. The predicted molar refractivity (Wildman–Crippen MR) is 118 cm³/mol. The van der Waals surface area contributed by atoms with E-state index >= 15 is 0 Å². The standard InChI is InChI=1S/C23H34N2O3.ClH/c1-23(13-15-24-16-14-23)19-8-6-18(7-9-19)22(27)25-20-10-3-17(4-11-20)5-12-21(26)28-2;/h6-9,17,20,24H,3-5,10-16H2,1-2H3,(H,25,27);1H/t17-,20-;. The van der Waals surface area contributed by atoms with Crippen LogP contribution in [-0.4, -0.2) is 38.1 Å². The first-order valence-corrected chi connectivity index (χ1v) is 10.7. The lowest BCUT2D eigenvalue weighted by Gasteiger charge is -2.34. The van der Waals surface area contributed by atoms with Crippen LogP contribution in [0.5, 0.6) is 0 Å². The first-order valence-electron chi connectivity index (χ1n) is 10.7. The van der Waals surface area contributed by atoms with Gasteiger partial charge in [0.25, 0.3) is 5.91 Å². The molecule has 0 radical (unpaired) electrons. The van der Waals surface area contributed by atoms with Crippen LogP contribution in [0.25, 0.3) is 0 Å². The summed E-state index contributed by atoms with van der Waals surface area (Å²) in [5.74, 6) is 0.467. The largest absolute Gasteiger partial charge is 0.469 e. The Labute approximate surface area is 180 Å². The average molecular weight is 423 g/mol. The first kappa shape index (κ1) is 23.7. The van der Waals surface area contributed by atoms with Crippen molar-refractivity contribution in [2.24, 2.45) is 5.92 Å². The van der Waals surface area contributed by atoms with E-state index in [9.17, 15) is 9.59 Å². The van der Waals surface area contributed by atoms with E-state index in [-0.39, 0.29) is 35.7 Å². The van der Waals surface area contributed by atoms with Crippen LogP contribution in [0, 0.1) is 5.92 Å². The number of methoxy groups -OCH3 is 1. The van der Waals surface area contributed by atoms with Crippen molar-refractivity contribution in [3.05, 3.63) is 35.4 Å². The van der Waals surface area contributed by atoms with Crippen molar-refractivity contribution < 1.29 is 14.3 Å². The molecule has 0 unspecified atom stereocenters. The number of piperidine rings is 1. The fraction of sp³-hybridized carbons (Fsp3) is 0.652. The van der Waals surface area contributed by atoms with Crippen LogP contribution < -0.4 is 10.6 Å². The summed E-state index contributed by atoms with van der Waals surface area (Å²) in [7, 11) is 1.44. The number of nitrogens with one attached hydrogen (secondary N) is 2. The number of halogens is 1. The lowest BCUT2D eigenvalue weighted by Crippen LogP contribution is -2.38. The molecule has 2 fully saturated rings. The van der Waals surface area contributed by atoms with E-state index in [2.05, 4.69) is 29.7 Å². The molecular weight excluding hydrogens is 388 g/mol. The van der Waals surface area contributed by atoms with E-state index in [0.29, 0.717) is 12.3 Å². The Bertz CT molecular complexity index is 663. The van der Waals surface area contributed by atoms with E-state index in [1.54, 1.807) is 0 Å². The van der Waals surface area contributed by atoms with Gasteiger partial charge in [0.15, 0.2) is 0 Å². The molecule has 0 bridgehead atoms. The van der Waals surface area contributed by atoms with Gasteiger partial charge in [-0.25, -0.2) is 0 Å². The molecule has 3 rings (SSSR count). The molecule has 2 aliphatic rings. The van der Waals surface area contributed by atoms with Crippen LogP contribution in [0.2, 0.25) is 0 Å². The van der Waals surface area contributed by atoms with Gasteiger partial charge in [0.05, 0.1) is 7.11 Å². The van der Waals surface area contributed by atoms with Crippen molar-refractivity contribution in [1.29, 1.82) is 0 Å². The molecule has 0 aromatic heterocycles. The number of amides is 1. The summed E-state index contributed by atoms with van der Waals surface area (Å²) in [5, 5.41) is 6.62. The number of carbonyl (C=O) groups is 2. The maximum atomic E-state index is 12.6. The summed E-state index contributed by atoms with van der Waals surface area (Å²) < 4.78 is 4.72. The summed E-state index contributed by atoms with van der Waals surface area (Å²) in [6, 6.07) is 8.44. The number of hydrogen-bond acceptors (Lipinski definition) is 4. The normalized spacial score (nSPS) is 23.5. The van der Waals surface area contributed by atoms with E-state index in [0.717, 1.165) is 63.6 Å². The minimum absolute atomic E-state index is 0. The highest BCUT2D eigenvalue weighted by molar-refractivity contribution is 5.94. The lowest BCUT2D eigenvalue weighted by molar-refractivity contribution is -0.141. The maximum Gasteiger partial charge on any atom is 0.305 e. The number of ether oxygens (including phenoxy) is 1. The summed E-state index contributed by atoms with van der Waals surface area (Å²) in [5.41, 5.74) is 2.29. The van der Waals surface area contributed by atoms with E-state index in [4.69, 9.17) is 4.74 Å². The van der Waals surface area contributed by atoms with Crippen LogP contribution >= 0.6 is 12.4 Å². The second-order valence-corrected chi connectivity index (χ2v) is 8.69. The number of rotatable bonds is 6. The van der Waals surface area contributed by atoms with E-state index in [1.807, 2.05) is 12.1 Å². The van der Waals surface area contributed by atoms with Gasteiger partial charge in [-0.15, -0.1) is 12.4 Å². The van der Waals surface area contributed by atoms with Gasteiger partial charge in [-0.2, -0.15) is 0 Å². The van der Waals surface area contributed by atoms with E-state index < -0.39 is 0 Å². The monoisotopic (exact) mass is 422 g/mol. The molecule has 2 N–H and O–H groups in total. The first-order chi connectivity index (χ1) is 13.5. The Balaban J connectivity index is 0.00000300. The van der Waals surface area contributed by atoms with Crippen LogP contribution in [-0.2, 0) is 14.9 Å². The van der Waals surface area contributed by atoms with Crippen molar-refractivity contribution in [2.75, 3.05) is 20.2 Å². The van der Waals surface area contributed by atoms with Crippen LogP contribution in [0.3, 0.4) is 0 Å². The van der Waals surface area contributed by atoms with Gasteiger partial charge in [-0.05, 0) is 87.1 Å². The molecule has 1 aromatic rings. The zero-order valence-corrected chi connectivity index (χ0v) is 18.5. The Morgan fingerprint density at radius 2 is 1.72 bits per heavy atom. The minimum atomic E-state index is -0.128. The molecular formula is C23H35ClN2O3. The van der Waals surface area contributed by atoms with Gasteiger partial charge in [0.2, 0.25) is 0 Å². The van der Waals surface area contributed by atoms with Crippen molar-refractivity contribution in [3.8, 4) is 0 Å². The highest BCUT2D eigenvalue weighted by Crippen LogP contribution is 2.33. The fourth-order valence-corrected chi connectivity index (χ4v) is 4.58. The molecule has 0 atom stereocenters. The fourth-order valence-electron chi connectivity index (χ4n) is 4.58. The molecule has 29 heavy (non-hydrogen) atoms. The third kappa shape index (κ3) is 6.45. The second kappa shape index (κ2) is 11.0. The Kier molecular flexibility index (Phi) is 8.97. The van der Waals surface area contributed by atoms with Gasteiger partial charge in [-0.3, -0.25) is 9.59 Å². The molecule has 5 nitrogen and oxygen atoms in total. The molecule has 1 saturated heterocycles. The predicted octanol–water partition coefficient (Wildman–Crippen LogP) is 3.99. The van der Waals surface area contributed by atoms with Crippen molar-refractivity contribution in [1.82, 2.24) is 10.6 Å². The zero-order chi connectivity index (χ0) is 20.0. The van der Waals surface area contributed by atoms with E-state index in [1.165, 1.54) is 12.7 Å². The van der Waals surface area contributed by atoms with Gasteiger partial charge < -0.3 is 15.4 Å². The van der Waals surface area contributed by atoms with Crippen molar-refractivity contribution in [3.63, 3.8) is 0 Å². The smallest absolute Gasteiger partial charge is 0.305 e. The highest BCUT2D eigenvalue weighted by atomic mass is 35.5. The Hall–Kier alpha value is -1.59. The molecule has 1 aromatic carbocycles. The summed E-state index contributed by atoms with van der Waals surface area (Å²) >= 11 is 0. The minimum Gasteiger partial charge on any atom is -0.469 e. The SMILES string of the molecule is COC(=O)CC[C@H]1CC[C@H](NC(=O)c2ccc(C3(C)CCNCC3)cc2)CC1.Cl. The molecule has 6 heteroatoms. The van der Waals surface area contributed by atoms with Gasteiger partial charge >= 0.3 is 5.97 Å². The van der Waals surface area contributed by atoms with Crippen LogP contribution in [0.4, 0.5) is 0 Å². The summed E-state index contributed by atoms with van der Waals surface area (Å²) in [6.07, 6.45) is 7.76. The van der Waals surface area contributed by atoms with Crippen LogP contribution in [0.1, 0.15) is 74.2 Å².